The van der Waals surface area contributed by atoms with Gasteiger partial charge >= 0.3 is 0 Å². The fourth-order valence-electron chi connectivity index (χ4n) is 0.407. The van der Waals surface area contributed by atoms with Crippen molar-refractivity contribution in [3.8, 4) is 0 Å². The van der Waals surface area contributed by atoms with Crippen molar-refractivity contribution in [2.45, 2.75) is 6.92 Å². The second kappa shape index (κ2) is 4.66. The number of rotatable bonds is 5. The normalized spacial score (nSPS) is 14.8. The molecule has 5 nitrogen and oxygen atoms in total. The van der Waals surface area contributed by atoms with Gasteiger partial charge in [-0.25, -0.2) is 9.44 Å². The summed E-state index contributed by atoms with van der Waals surface area (Å²) in [6, 6.07) is 0. The van der Waals surface area contributed by atoms with Gasteiger partial charge in [-0.1, -0.05) is 6.92 Å². The minimum Gasteiger partial charge on any atom is -0.330 e. The van der Waals surface area contributed by atoms with Crippen molar-refractivity contribution in [2.24, 2.45) is 11.7 Å². The maximum Gasteiger partial charge on any atom is 0.276 e. The molecular weight excluding hydrogens is 166 g/mol. The van der Waals surface area contributed by atoms with Crippen LogP contribution in [0.5, 0.6) is 0 Å². The van der Waals surface area contributed by atoms with Gasteiger partial charge in [-0.3, -0.25) is 0 Å². The highest BCUT2D eigenvalue weighted by molar-refractivity contribution is 7.87. The quantitative estimate of drug-likeness (QED) is 0.489. The third-order valence-electron chi connectivity index (χ3n) is 1.29. The predicted octanol–water partition coefficient (Wildman–Crippen LogP) is -1.36. The van der Waals surface area contributed by atoms with E-state index in [1.54, 1.807) is 0 Å². The Bertz CT molecular complexity index is 190. The molecule has 0 bridgehead atoms. The van der Waals surface area contributed by atoms with Gasteiger partial charge in [-0.15, -0.1) is 0 Å². The lowest BCUT2D eigenvalue weighted by Gasteiger charge is -2.09. The van der Waals surface area contributed by atoms with E-state index in [1.165, 1.54) is 7.05 Å². The number of hydrogen-bond donors (Lipinski definition) is 3. The summed E-state index contributed by atoms with van der Waals surface area (Å²) in [5.74, 6) is 0.165. The molecule has 0 aliphatic carbocycles. The highest BCUT2D eigenvalue weighted by atomic mass is 32.2. The molecule has 6 heteroatoms. The Kier molecular flexibility index (Phi) is 4.58. The Morgan fingerprint density at radius 3 is 2.45 bits per heavy atom. The highest BCUT2D eigenvalue weighted by Gasteiger charge is 2.06. The average molecular weight is 181 g/mol. The zero-order valence-electron chi connectivity index (χ0n) is 6.79. The van der Waals surface area contributed by atoms with E-state index in [-0.39, 0.29) is 5.92 Å². The van der Waals surface area contributed by atoms with Gasteiger partial charge in [0.15, 0.2) is 0 Å². The summed E-state index contributed by atoms with van der Waals surface area (Å²) in [5, 5.41) is 0. The van der Waals surface area contributed by atoms with Gasteiger partial charge in [-0.2, -0.15) is 8.42 Å². The van der Waals surface area contributed by atoms with E-state index in [2.05, 4.69) is 9.44 Å². The molecule has 0 saturated heterocycles. The summed E-state index contributed by atoms with van der Waals surface area (Å²) in [6.07, 6.45) is 0. The molecule has 0 heterocycles. The standard InChI is InChI=1S/C5H15N3O2S/c1-5(3-6)4-8-11(9,10)7-2/h5,7-8H,3-4,6H2,1-2H3. The van der Waals surface area contributed by atoms with E-state index in [1.807, 2.05) is 6.92 Å². The van der Waals surface area contributed by atoms with Crippen LogP contribution in [0.1, 0.15) is 6.92 Å². The molecule has 0 fully saturated rings. The summed E-state index contributed by atoms with van der Waals surface area (Å²) in [5.41, 5.74) is 5.29. The lowest BCUT2D eigenvalue weighted by Crippen LogP contribution is -2.37. The molecule has 0 aromatic carbocycles. The van der Waals surface area contributed by atoms with E-state index >= 15 is 0 Å². The van der Waals surface area contributed by atoms with Crippen LogP contribution in [-0.4, -0.2) is 28.6 Å². The van der Waals surface area contributed by atoms with Crippen molar-refractivity contribution >= 4 is 10.2 Å². The number of hydrogen-bond acceptors (Lipinski definition) is 3. The second-order valence-electron chi connectivity index (χ2n) is 2.40. The number of nitrogens with one attached hydrogen (secondary N) is 2. The van der Waals surface area contributed by atoms with Crippen LogP contribution in [0.25, 0.3) is 0 Å². The lowest BCUT2D eigenvalue weighted by molar-refractivity contribution is 0.539. The fraction of sp³-hybridized carbons (Fsp3) is 1.00. The van der Waals surface area contributed by atoms with Gasteiger partial charge in [0.25, 0.3) is 10.2 Å². The molecule has 4 N–H and O–H groups in total. The molecule has 0 radical (unpaired) electrons. The summed E-state index contributed by atoms with van der Waals surface area (Å²) in [7, 11) is -1.92. The van der Waals surface area contributed by atoms with Gasteiger partial charge in [0.2, 0.25) is 0 Å². The third kappa shape index (κ3) is 5.14. The first-order valence-corrected chi connectivity index (χ1v) is 4.88. The first-order valence-electron chi connectivity index (χ1n) is 3.40. The minimum absolute atomic E-state index is 0.165. The first-order chi connectivity index (χ1) is 5.02. The Morgan fingerprint density at radius 2 is 2.09 bits per heavy atom. The number of nitrogens with two attached hydrogens (primary N) is 1. The molecule has 11 heavy (non-hydrogen) atoms. The monoisotopic (exact) mass is 181 g/mol. The molecule has 0 amide bonds. The molecular formula is C5H15N3O2S. The Labute approximate surface area is 67.5 Å². The molecule has 1 unspecified atom stereocenters. The molecule has 0 rings (SSSR count). The smallest absolute Gasteiger partial charge is 0.276 e. The molecule has 0 aromatic heterocycles. The molecule has 0 spiro atoms. The third-order valence-corrected chi connectivity index (χ3v) is 2.38. The Hall–Kier alpha value is -0.170. The minimum atomic E-state index is -3.28. The van der Waals surface area contributed by atoms with Crippen LogP contribution in [0.15, 0.2) is 0 Å². The van der Waals surface area contributed by atoms with E-state index in [4.69, 9.17) is 5.73 Å². The molecule has 0 saturated carbocycles. The maximum atomic E-state index is 10.8. The SMILES string of the molecule is CNS(=O)(=O)NCC(C)CN. The second-order valence-corrected chi connectivity index (χ2v) is 4.10. The van der Waals surface area contributed by atoms with Crippen molar-refractivity contribution in [3.05, 3.63) is 0 Å². The Balaban J connectivity index is 3.71. The van der Waals surface area contributed by atoms with Crippen molar-refractivity contribution in [3.63, 3.8) is 0 Å². The average Bonchev–Trinajstić information content (AvgIpc) is 2.00. The fourth-order valence-corrected chi connectivity index (χ4v) is 1.06. The molecule has 0 aromatic rings. The highest BCUT2D eigenvalue weighted by Crippen LogP contribution is 1.87. The summed E-state index contributed by atoms with van der Waals surface area (Å²) in [4.78, 5) is 0. The van der Waals surface area contributed by atoms with Gasteiger partial charge in [0.05, 0.1) is 0 Å². The Morgan fingerprint density at radius 1 is 1.55 bits per heavy atom. The van der Waals surface area contributed by atoms with Crippen molar-refractivity contribution in [2.75, 3.05) is 20.1 Å². The van der Waals surface area contributed by atoms with E-state index in [0.717, 1.165) is 0 Å². The summed E-state index contributed by atoms with van der Waals surface area (Å²) in [6.45, 7) is 2.73. The zero-order chi connectivity index (χ0) is 8.91. The van der Waals surface area contributed by atoms with Gasteiger partial charge in [0, 0.05) is 13.6 Å². The van der Waals surface area contributed by atoms with E-state index in [9.17, 15) is 8.42 Å². The van der Waals surface area contributed by atoms with Crippen LogP contribution in [0.4, 0.5) is 0 Å². The lowest BCUT2D eigenvalue weighted by atomic mass is 10.2. The summed E-state index contributed by atoms with van der Waals surface area (Å²) < 4.78 is 26.0. The molecule has 1 atom stereocenters. The van der Waals surface area contributed by atoms with Crippen molar-refractivity contribution in [1.82, 2.24) is 9.44 Å². The summed E-state index contributed by atoms with van der Waals surface area (Å²) >= 11 is 0. The van der Waals surface area contributed by atoms with E-state index < -0.39 is 10.2 Å². The zero-order valence-corrected chi connectivity index (χ0v) is 7.61. The van der Waals surface area contributed by atoms with Gasteiger partial charge < -0.3 is 5.73 Å². The van der Waals surface area contributed by atoms with Crippen LogP contribution in [0.3, 0.4) is 0 Å². The predicted molar refractivity (Wildman–Crippen MR) is 44.2 cm³/mol. The molecule has 68 valence electrons. The van der Waals surface area contributed by atoms with Crippen LogP contribution in [0.2, 0.25) is 0 Å². The van der Waals surface area contributed by atoms with Crippen LogP contribution in [0, 0.1) is 5.92 Å². The first kappa shape index (κ1) is 10.8. The van der Waals surface area contributed by atoms with Crippen molar-refractivity contribution < 1.29 is 8.42 Å². The van der Waals surface area contributed by atoms with Crippen LogP contribution in [-0.2, 0) is 10.2 Å². The van der Waals surface area contributed by atoms with Crippen molar-refractivity contribution in [1.29, 1.82) is 0 Å². The van der Waals surface area contributed by atoms with Crippen LogP contribution < -0.4 is 15.2 Å². The maximum absolute atomic E-state index is 10.8. The largest absolute Gasteiger partial charge is 0.330 e. The van der Waals surface area contributed by atoms with Crippen LogP contribution >= 0.6 is 0 Å². The molecule has 0 aliphatic rings. The van der Waals surface area contributed by atoms with Gasteiger partial charge in [-0.05, 0) is 12.5 Å². The molecule has 0 aliphatic heterocycles. The van der Waals surface area contributed by atoms with E-state index in [0.29, 0.717) is 13.1 Å². The topological polar surface area (TPSA) is 84.2 Å². The van der Waals surface area contributed by atoms with Gasteiger partial charge in [0.1, 0.15) is 0 Å².